The van der Waals surface area contributed by atoms with Crippen molar-refractivity contribution < 1.29 is 28.8 Å². The summed E-state index contributed by atoms with van der Waals surface area (Å²) >= 11 is 0. The molecular weight excluding hydrogens is 400 g/mol. The fraction of sp³-hybridized carbons (Fsp3) is 0.435. The first-order valence-corrected chi connectivity index (χ1v) is 10.4. The van der Waals surface area contributed by atoms with Crippen molar-refractivity contribution in [2.45, 2.75) is 11.8 Å². The normalized spacial score (nSPS) is 24.2. The molecule has 0 saturated carbocycles. The Morgan fingerprint density at radius 2 is 1.55 bits per heavy atom. The van der Waals surface area contributed by atoms with E-state index in [0.717, 1.165) is 13.1 Å². The summed E-state index contributed by atoms with van der Waals surface area (Å²) in [5.41, 5.74) is -0.423. The lowest BCUT2D eigenvalue weighted by Crippen LogP contribution is -2.49. The molecule has 0 unspecified atom stereocenters. The zero-order valence-corrected chi connectivity index (χ0v) is 17.8. The number of rotatable bonds is 7. The van der Waals surface area contributed by atoms with Gasteiger partial charge in [0, 0.05) is 31.7 Å². The van der Waals surface area contributed by atoms with Gasteiger partial charge in [-0.1, -0.05) is 24.3 Å². The van der Waals surface area contributed by atoms with Crippen LogP contribution in [-0.2, 0) is 15.2 Å². The molecule has 1 N–H and O–H groups in total. The van der Waals surface area contributed by atoms with Crippen LogP contribution in [0.4, 0.5) is 4.79 Å². The maximum atomic E-state index is 12.9. The maximum absolute atomic E-state index is 12.9. The number of nitrogens with zero attached hydrogens (tertiary/aromatic N) is 2. The fourth-order valence-corrected chi connectivity index (χ4v) is 4.08. The van der Waals surface area contributed by atoms with E-state index in [1.807, 2.05) is 0 Å². The molecule has 8 nitrogen and oxygen atoms in total. The quantitative estimate of drug-likeness (QED) is 0.725. The molecule has 2 aromatic rings. The molecule has 0 radical (unpaired) electrons. The molecule has 2 heterocycles. The Balaban J connectivity index is 1.66. The molecule has 31 heavy (non-hydrogen) atoms. The minimum atomic E-state index is -1.66. The SMILES string of the molecule is COc1ccc([C@@H]2OC(=O)N(CCN3CCOCC3)[C@]2(O)c2ccc(OC)cc2)cc1. The molecule has 0 aromatic heterocycles. The topological polar surface area (TPSA) is 80.7 Å². The Labute approximate surface area is 181 Å². The molecule has 4 rings (SSSR count). The number of benzene rings is 2. The zero-order chi connectivity index (χ0) is 21.8. The maximum Gasteiger partial charge on any atom is 0.413 e. The number of amides is 1. The molecule has 0 bridgehead atoms. The van der Waals surface area contributed by atoms with Crippen molar-refractivity contribution in [1.29, 1.82) is 0 Å². The molecule has 2 aliphatic heterocycles. The molecule has 8 heteroatoms. The summed E-state index contributed by atoms with van der Waals surface area (Å²) in [4.78, 5) is 16.5. The molecular formula is C23H28N2O6. The van der Waals surface area contributed by atoms with Gasteiger partial charge in [-0.2, -0.15) is 0 Å². The number of methoxy groups -OCH3 is 2. The van der Waals surface area contributed by atoms with E-state index in [-0.39, 0.29) is 0 Å². The van der Waals surface area contributed by atoms with Gasteiger partial charge in [0.15, 0.2) is 6.10 Å². The van der Waals surface area contributed by atoms with Gasteiger partial charge in [0.1, 0.15) is 11.5 Å². The summed E-state index contributed by atoms with van der Waals surface area (Å²) in [6.07, 6.45) is -1.43. The predicted molar refractivity (Wildman–Crippen MR) is 113 cm³/mol. The van der Waals surface area contributed by atoms with Crippen LogP contribution < -0.4 is 9.47 Å². The standard InChI is InChI=1S/C23H28N2O6/c1-28-19-7-3-17(4-8-19)21-23(27,18-5-9-20(29-2)10-6-18)25(22(26)31-21)12-11-24-13-15-30-16-14-24/h3-10,21,27H,11-16H2,1-2H3/t21-,23-/m0/s1. The van der Waals surface area contributed by atoms with Gasteiger partial charge in [-0.05, 0) is 29.8 Å². The summed E-state index contributed by atoms with van der Waals surface area (Å²) in [5.74, 6) is 1.35. The van der Waals surface area contributed by atoms with Crippen LogP contribution >= 0.6 is 0 Å². The summed E-state index contributed by atoms with van der Waals surface area (Å²) in [7, 11) is 3.17. The van der Waals surface area contributed by atoms with Gasteiger partial charge in [0.05, 0.1) is 27.4 Å². The van der Waals surface area contributed by atoms with E-state index in [9.17, 15) is 9.90 Å². The van der Waals surface area contributed by atoms with Crippen LogP contribution in [0.15, 0.2) is 48.5 Å². The first-order valence-electron chi connectivity index (χ1n) is 10.4. The van der Waals surface area contributed by atoms with Crippen molar-refractivity contribution >= 4 is 6.09 Å². The molecule has 1 amide bonds. The summed E-state index contributed by atoms with van der Waals surface area (Å²) in [5, 5.41) is 12.0. The van der Waals surface area contributed by atoms with Crippen molar-refractivity contribution in [3.8, 4) is 11.5 Å². The third kappa shape index (κ3) is 4.19. The van der Waals surface area contributed by atoms with Crippen LogP contribution in [0.25, 0.3) is 0 Å². The Morgan fingerprint density at radius 3 is 2.13 bits per heavy atom. The second-order valence-electron chi connectivity index (χ2n) is 7.60. The van der Waals surface area contributed by atoms with E-state index in [1.54, 1.807) is 62.8 Å². The molecule has 2 atom stereocenters. The molecule has 166 valence electrons. The van der Waals surface area contributed by atoms with Gasteiger partial charge in [-0.15, -0.1) is 0 Å². The van der Waals surface area contributed by atoms with Gasteiger partial charge in [-0.3, -0.25) is 9.80 Å². The third-order valence-corrected chi connectivity index (χ3v) is 5.89. The molecule has 0 spiro atoms. The highest BCUT2D eigenvalue weighted by molar-refractivity contribution is 5.72. The minimum Gasteiger partial charge on any atom is -0.497 e. The monoisotopic (exact) mass is 428 g/mol. The van der Waals surface area contributed by atoms with Crippen LogP contribution in [0.2, 0.25) is 0 Å². The highest BCUT2D eigenvalue weighted by atomic mass is 16.6. The van der Waals surface area contributed by atoms with Crippen molar-refractivity contribution in [3.05, 3.63) is 59.7 Å². The highest BCUT2D eigenvalue weighted by Crippen LogP contribution is 2.47. The number of aliphatic hydroxyl groups is 1. The number of hydrogen-bond donors (Lipinski definition) is 1. The lowest BCUT2D eigenvalue weighted by Gasteiger charge is -2.36. The molecule has 2 saturated heterocycles. The molecule has 2 aliphatic rings. The number of carbonyl (C=O) groups is 1. The number of morpholine rings is 1. The van der Waals surface area contributed by atoms with Gasteiger partial charge in [0.25, 0.3) is 0 Å². The van der Waals surface area contributed by atoms with Crippen LogP contribution in [0.5, 0.6) is 11.5 Å². The first-order chi connectivity index (χ1) is 15.1. The average molecular weight is 428 g/mol. The molecule has 0 aliphatic carbocycles. The van der Waals surface area contributed by atoms with Crippen molar-refractivity contribution in [1.82, 2.24) is 9.80 Å². The summed E-state index contributed by atoms with van der Waals surface area (Å²) < 4.78 is 21.6. The van der Waals surface area contributed by atoms with E-state index in [0.29, 0.717) is 48.9 Å². The molecule has 2 fully saturated rings. The molecule has 2 aromatic carbocycles. The lowest BCUT2D eigenvalue weighted by atomic mass is 9.91. The second-order valence-corrected chi connectivity index (χ2v) is 7.60. The van der Waals surface area contributed by atoms with Crippen molar-refractivity contribution in [3.63, 3.8) is 0 Å². The lowest BCUT2D eigenvalue weighted by molar-refractivity contribution is -0.112. The summed E-state index contributed by atoms with van der Waals surface area (Å²) in [6.45, 7) is 3.88. The van der Waals surface area contributed by atoms with Gasteiger partial charge >= 0.3 is 6.09 Å². The number of hydrogen-bond acceptors (Lipinski definition) is 7. The Bertz CT molecular complexity index is 882. The van der Waals surface area contributed by atoms with Crippen LogP contribution in [-0.4, -0.2) is 74.6 Å². The zero-order valence-electron chi connectivity index (χ0n) is 17.8. The van der Waals surface area contributed by atoms with E-state index >= 15 is 0 Å². The predicted octanol–water partition coefficient (Wildman–Crippen LogP) is 2.37. The highest BCUT2D eigenvalue weighted by Gasteiger charge is 2.56. The van der Waals surface area contributed by atoms with Gasteiger partial charge in [0.2, 0.25) is 5.72 Å². The fourth-order valence-electron chi connectivity index (χ4n) is 4.08. The van der Waals surface area contributed by atoms with Crippen molar-refractivity contribution in [2.24, 2.45) is 0 Å². The van der Waals surface area contributed by atoms with Crippen LogP contribution in [0.1, 0.15) is 17.2 Å². The minimum absolute atomic E-state index is 0.327. The third-order valence-electron chi connectivity index (χ3n) is 5.89. The number of ether oxygens (including phenoxy) is 4. The number of cyclic esters (lactones) is 1. The van der Waals surface area contributed by atoms with Crippen LogP contribution in [0, 0.1) is 0 Å². The Hall–Kier alpha value is -2.81. The van der Waals surface area contributed by atoms with E-state index in [2.05, 4.69) is 4.90 Å². The largest absolute Gasteiger partial charge is 0.497 e. The van der Waals surface area contributed by atoms with E-state index in [1.165, 1.54) is 4.90 Å². The smallest absolute Gasteiger partial charge is 0.413 e. The van der Waals surface area contributed by atoms with Gasteiger partial charge < -0.3 is 24.1 Å². The summed E-state index contributed by atoms with van der Waals surface area (Å²) in [6, 6.07) is 14.2. The van der Waals surface area contributed by atoms with Gasteiger partial charge in [-0.25, -0.2) is 4.79 Å². The second kappa shape index (κ2) is 9.13. The number of carbonyl (C=O) groups excluding carboxylic acids is 1. The Morgan fingerprint density at radius 1 is 0.968 bits per heavy atom. The first kappa shape index (κ1) is 21.4. The van der Waals surface area contributed by atoms with Crippen molar-refractivity contribution in [2.75, 3.05) is 53.6 Å². The van der Waals surface area contributed by atoms with E-state index in [4.69, 9.17) is 18.9 Å². The average Bonchev–Trinajstić information content (AvgIpc) is 3.09. The van der Waals surface area contributed by atoms with Crippen LogP contribution in [0.3, 0.4) is 0 Å². The van der Waals surface area contributed by atoms with E-state index < -0.39 is 17.9 Å². The Kier molecular flexibility index (Phi) is 6.31.